The molecule has 0 aliphatic carbocycles. The van der Waals surface area contributed by atoms with Gasteiger partial charge < -0.3 is 4.74 Å². The molecular weight excluding hydrogens is 448 g/mol. The molecule has 0 aliphatic heterocycles. The highest BCUT2D eigenvalue weighted by Crippen LogP contribution is 2.26. The number of benzene rings is 3. The largest absolute Gasteiger partial charge is 0.462 e. The molecule has 2 heterocycles. The van der Waals surface area contributed by atoms with E-state index in [1.807, 2.05) is 91.0 Å². The van der Waals surface area contributed by atoms with Gasteiger partial charge in [0, 0.05) is 22.9 Å². The first kappa shape index (κ1) is 22.9. The van der Waals surface area contributed by atoms with Crippen molar-refractivity contribution >= 4 is 17.5 Å². The molecule has 6 heteroatoms. The van der Waals surface area contributed by atoms with Crippen molar-refractivity contribution in [1.29, 1.82) is 0 Å². The number of hydrogen-bond donors (Lipinski definition) is 0. The number of nitrogens with zero attached hydrogens (tertiary/aromatic N) is 4. The highest BCUT2D eigenvalue weighted by Gasteiger charge is 2.13. The first-order valence-electron chi connectivity index (χ1n) is 11.7. The molecule has 0 bridgehead atoms. The molecule has 0 spiro atoms. The third-order valence-corrected chi connectivity index (χ3v) is 5.61. The Kier molecular flexibility index (Phi) is 6.76. The van der Waals surface area contributed by atoms with Crippen LogP contribution in [0.5, 0.6) is 0 Å². The summed E-state index contributed by atoms with van der Waals surface area (Å²) in [6, 6.07) is 33.2. The van der Waals surface area contributed by atoms with Crippen molar-refractivity contribution in [2.75, 3.05) is 6.61 Å². The van der Waals surface area contributed by atoms with E-state index in [4.69, 9.17) is 9.73 Å². The monoisotopic (exact) mass is 472 g/mol. The maximum Gasteiger partial charge on any atom is 0.338 e. The van der Waals surface area contributed by atoms with E-state index in [1.54, 1.807) is 36.1 Å². The van der Waals surface area contributed by atoms with Crippen LogP contribution in [0.4, 0.5) is 5.82 Å². The molecule has 0 radical (unpaired) electrons. The average Bonchev–Trinajstić information content (AvgIpc) is 3.43. The molecule has 0 aliphatic rings. The second-order valence-electron chi connectivity index (χ2n) is 7.99. The Balaban J connectivity index is 1.54. The third kappa shape index (κ3) is 4.98. The van der Waals surface area contributed by atoms with Crippen LogP contribution in [0.25, 0.3) is 16.9 Å². The molecule has 0 N–H and O–H groups in total. The van der Waals surface area contributed by atoms with E-state index in [0.29, 0.717) is 18.0 Å². The number of esters is 1. The molecule has 0 saturated heterocycles. The number of ether oxygens (including phenoxy) is 1. The Hall–Kier alpha value is -4.84. The predicted molar refractivity (Wildman–Crippen MR) is 141 cm³/mol. The van der Waals surface area contributed by atoms with Gasteiger partial charge in [-0.15, -0.1) is 0 Å². The number of aliphatic imine (C=N–C) groups is 1. The fourth-order valence-corrected chi connectivity index (χ4v) is 3.95. The van der Waals surface area contributed by atoms with Crippen LogP contribution in [0, 0.1) is 0 Å². The quantitative estimate of drug-likeness (QED) is 0.206. The highest BCUT2D eigenvalue weighted by atomic mass is 16.5. The molecule has 0 atom stereocenters. The molecule has 2 aromatic heterocycles. The van der Waals surface area contributed by atoms with Gasteiger partial charge in [0.05, 0.1) is 35.5 Å². The van der Waals surface area contributed by atoms with Crippen molar-refractivity contribution in [1.82, 2.24) is 14.8 Å². The summed E-state index contributed by atoms with van der Waals surface area (Å²) in [5.74, 6) is 0.228. The normalized spacial score (nSPS) is 10.6. The van der Waals surface area contributed by atoms with Gasteiger partial charge in [-0.3, -0.25) is 0 Å². The minimum absolute atomic E-state index is 0.324. The number of rotatable bonds is 7. The van der Waals surface area contributed by atoms with E-state index >= 15 is 0 Å². The van der Waals surface area contributed by atoms with E-state index in [2.05, 4.69) is 10.1 Å². The predicted octanol–water partition coefficient (Wildman–Crippen LogP) is 6.28. The molecule has 36 heavy (non-hydrogen) atoms. The molecule has 3 aromatic carbocycles. The van der Waals surface area contributed by atoms with E-state index in [9.17, 15) is 4.79 Å². The van der Waals surface area contributed by atoms with Gasteiger partial charge in [-0.2, -0.15) is 5.10 Å². The summed E-state index contributed by atoms with van der Waals surface area (Å²) in [7, 11) is 0. The number of hydrogen-bond acceptors (Lipinski definition) is 5. The molecular formula is C30H24N4O2. The zero-order valence-corrected chi connectivity index (χ0v) is 19.8. The molecule has 6 nitrogen and oxygen atoms in total. The summed E-state index contributed by atoms with van der Waals surface area (Å²) in [5.41, 5.74) is 5.87. The molecule has 5 aromatic rings. The second-order valence-corrected chi connectivity index (χ2v) is 7.99. The summed E-state index contributed by atoms with van der Waals surface area (Å²) in [5, 5.41) is 4.50. The summed E-state index contributed by atoms with van der Waals surface area (Å²) in [6.45, 7) is 2.11. The number of aromatic nitrogens is 3. The van der Waals surface area contributed by atoms with Crippen molar-refractivity contribution in [2.24, 2.45) is 4.99 Å². The lowest BCUT2D eigenvalue weighted by molar-refractivity contribution is 0.0526. The smallest absolute Gasteiger partial charge is 0.338 e. The molecule has 0 unspecified atom stereocenters. The second kappa shape index (κ2) is 10.6. The standard InChI is InChI=1S/C30H24N4O2/c1-2-36-30(35)25-14-9-15-26(20-25)34-27(17-19-32-34)24-16-18-31-28(21-24)33-29(22-10-5-3-6-11-22)23-12-7-4-8-13-23/h3-21H,2H2,1H3. The van der Waals surface area contributed by atoms with Crippen LogP contribution < -0.4 is 0 Å². The maximum atomic E-state index is 12.2. The van der Waals surface area contributed by atoms with Crippen molar-refractivity contribution in [3.05, 3.63) is 132 Å². The average molecular weight is 473 g/mol. The van der Waals surface area contributed by atoms with Gasteiger partial charge in [0.2, 0.25) is 0 Å². The van der Waals surface area contributed by atoms with Crippen LogP contribution in [-0.4, -0.2) is 33.1 Å². The fourth-order valence-electron chi connectivity index (χ4n) is 3.95. The summed E-state index contributed by atoms with van der Waals surface area (Å²) in [6.07, 6.45) is 3.48. The fraction of sp³-hybridized carbons (Fsp3) is 0.0667. The number of pyridine rings is 1. The van der Waals surface area contributed by atoms with Gasteiger partial charge in [-0.1, -0.05) is 66.7 Å². The van der Waals surface area contributed by atoms with E-state index in [0.717, 1.165) is 33.8 Å². The lowest BCUT2D eigenvalue weighted by Gasteiger charge is -2.10. The Labute approximate surface area is 209 Å². The van der Waals surface area contributed by atoms with Gasteiger partial charge in [0.25, 0.3) is 0 Å². The third-order valence-electron chi connectivity index (χ3n) is 5.61. The zero-order chi connectivity index (χ0) is 24.7. The van der Waals surface area contributed by atoms with E-state index in [1.165, 1.54) is 0 Å². The zero-order valence-electron chi connectivity index (χ0n) is 19.8. The highest BCUT2D eigenvalue weighted by molar-refractivity contribution is 6.13. The van der Waals surface area contributed by atoms with E-state index in [-0.39, 0.29) is 5.97 Å². The van der Waals surface area contributed by atoms with Crippen LogP contribution in [0.1, 0.15) is 28.4 Å². The maximum absolute atomic E-state index is 12.2. The Morgan fingerprint density at radius 3 is 2.19 bits per heavy atom. The Bertz CT molecular complexity index is 1470. The Morgan fingerprint density at radius 2 is 1.50 bits per heavy atom. The van der Waals surface area contributed by atoms with Crippen molar-refractivity contribution in [3.8, 4) is 16.9 Å². The van der Waals surface area contributed by atoms with Crippen LogP contribution in [-0.2, 0) is 4.74 Å². The summed E-state index contributed by atoms with van der Waals surface area (Å²) in [4.78, 5) is 21.7. The first-order chi connectivity index (χ1) is 17.7. The number of carbonyl (C=O) groups excluding carboxylic acids is 1. The summed E-state index contributed by atoms with van der Waals surface area (Å²) < 4.78 is 6.94. The molecule has 176 valence electrons. The first-order valence-corrected chi connectivity index (χ1v) is 11.7. The lowest BCUT2D eigenvalue weighted by atomic mass is 10.0. The lowest BCUT2D eigenvalue weighted by Crippen LogP contribution is -2.06. The van der Waals surface area contributed by atoms with Gasteiger partial charge in [-0.05, 0) is 43.3 Å². The molecule has 0 fully saturated rings. The molecule has 5 rings (SSSR count). The van der Waals surface area contributed by atoms with Crippen LogP contribution in [0.3, 0.4) is 0 Å². The summed E-state index contributed by atoms with van der Waals surface area (Å²) >= 11 is 0. The van der Waals surface area contributed by atoms with Crippen molar-refractivity contribution < 1.29 is 9.53 Å². The van der Waals surface area contributed by atoms with Gasteiger partial charge >= 0.3 is 5.97 Å². The van der Waals surface area contributed by atoms with Crippen molar-refractivity contribution in [2.45, 2.75) is 6.92 Å². The van der Waals surface area contributed by atoms with Gasteiger partial charge in [0.15, 0.2) is 5.82 Å². The van der Waals surface area contributed by atoms with Crippen LogP contribution in [0.15, 0.2) is 121 Å². The Morgan fingerprint density at radius 1 is 0.806 bits per heavy atom. The van der Waals surface area contributed by atoms with Gasteiger partial charge in [0.1, 0.15) is 0 Å². The molecule has 0 amide bonds. The SMILES string of the molecule is CCOC(=O)c1cccc(-n2nccc2-c2ccnc(N=C(c3ccccc3)c3ccccc3)c2)c1. The van der Waals surface area contributed by atoms with Crippen LogP contribution >= 0.6 is 0 Å². The topological polar surface area (TPSA) is 69.4 Å². The number of carbonyl (C=O) groups is 1. The minimum atomic E-state index is -0.358. The minimum Gasteiger partial charge on any atom is -0.462 e. The van der Waals surface area contributed by atoms with Crippen molar-refractivity contribution in [3.63, 3.8) is 0 Å². The van der Waals surface area contributed by atoms with Gasteiger partial charge in [-0.25, -0.2) is 19.5 Å². The van der Waals surface area contributed by atoms with E-state index < -0.39 is 0 Å². The molecule has 0 saturated carbocycles. The van der Waals surface area contributed by atoms with Crippen LogP contribution in [0.2, 0.25) is 0 Å².